The zero-order valence-electron chi connectivity index (χ0n) is 12.6. The molecule has 0 atom stereocenters. The van der Waals surface area contributed by atoms with Crippen molar-refractivity contribution in [3.63, 3.8) is 0 Å². The number of imide groups is 1. The Labute approximate surface area is 133 Å². The number of rotatable bonds is 6. The van der Waals surface area contributed by atoms with Crippen LogP contribution in [0, 0.1) is 5.82 Å². The van der Waals surface area contributed by atoms with E-state index in [1.807, 2.05) is 0 Å². The summed E-state index contributed by atoms with van der Waals surface area (Å²) in [5, 5.41) is 3.22. The van der Waals surface area contributed by atoms with Crippen LogP contribution in [0.5, 0.6) is 0 Å². The molecule has 23 heavy (non-hydrogen) atoms. The molecular weight excluding hydrogens is 295 g/mol. The highest BCUT2D eigenvalue weighted by atomic mass is 19.1. The molecule has 2 amide bonds. The molecule has 1 heterocycles. The maximum atomic E-state index is 12.8. The van der Waals surface area contributed by atoms with Crippen LogP contribution < -0.4 is 5.32 Å². The van der Waals surface area contributed by atoms with E-state index in [-0.39, 0.29) is 17.6 Å². The summed E-state index contributed by atoms with van der Waals surface area (Å²) in [5.74, 6) is -0.687. The van der Waals surface area contributed by atoms with Gasteiger partial charge in [-0.05, 0) is 42.8 Å². The summed E-state index contributed by atoms with van der Waals surface area (Å²) in [4.78, 5) is 25.6. The average molecular weight is 312 g/mol. The van der Waals surface area contributed by atoms with E-state index in [1.54, 1.807) is 36.4 Å². The van der Waals surface area contributed by atoms with Gasteiger partial charge in [-0.1, -0.05) is 24.3 Å². The molecule has 1 aliphatic rings. The lowest BCUT2D eigenvalue weighted by atomic mass is 10.1. The van der Waals surface area contributed by atoms with E-state index in [1.165, 1.54) is 17.0 Å². The van der Waals surface area contributed by atoms with Crippen molar-refractivity contribution < 1.29 is 14.0 Å². The Bertz CT molecular complexity index is 693. The maximum Gasteiger partial charge on any atom is 0.261 e. The van der Waals surface area contributed by atoms with Gasteiger partial charge in [0.05, 0.1) is 11.1 Å². The Morgan fingerprint density at radius 3 is 2.13 bits per heavy atom. The first-order chi connectivity index (χ1) is 11.2. The van der Waals surface area contributed by atoms with Gasteiger partial charge >= 0.3 is 0 Å². The van der Waals surface area contributed by atoms with Gasteiger partial charge in [0.25, 0.3) is 11.8 Å². The largest absolute Gasteiger partial charge is 0.313 e. The number of amides is 2. The van der Waals surface area contributed by atoms with Crippen molar-refractivity contribution in [3.05, 3.63) is 71.0 Å². The highest BCUT2D eigenvalue weighted by Crippen LogP contribution is 2.22. The molecule has 0 bridgehead atoms. The molecule has 0 radical (unpaired) electrons. The number of nitrogens with zero attached hydrogens (tertiary/aromatic N) is 1. The molecule has 0 spiro atoms. The van der Waals surface area contributed by atoms with Crippen LogP contribution in [0.2, 0.25) is 0 Å². The molecule has 1 N–H and O–H groups in total. The minimum atomic E-state index is -0.251. The summed E-state index contributed by atoms with van der Waals surface area (Å²) >= 11 is 0. The number of nitrogens with one attached hydrogen (secondary N) is 1. The minimum absolute atomic E-state index is 0.218. The number of carbonyl (C=O) groups is 2. The summed E-state index contributed by atoms with van der Waals surface area (Å²) in [6.45, 7) is 1.69. The Hall–Kier alpha value is -2.53. The maximum absolute atomic E-state index is 12.8. The molecule has 0 aromatic heterocycles. The number of hydrogen-bond donors (Lipinski definition) is 1. The lowest BCUT2D eigenvalue weighted by molar-refractivity contribution is 0.0652. The molecule has 0 unspecified atom stereocenters. The van der Waals surface area contributed by atoms with Crippen molar-refractivity contribution >= 4 is 11.8 Å². The van der Waals surface area contributed by atoms with E-state index >= 15 is 0 Å². The molecular formula is C18H17FN2O2. The van der Waals surface area contributed by atoms with Gasteiger partial charge in [0, 0.05) is 13.1 Å². The van der Waals surface area contributed by atoms with Crippen LogP contribution in [-0.2, 0) is 6.54 Å². The van der Waals surface area contributed by atoms with Crippen molar-refractivity contribution in [1.29, 1.82) is 0 Å². The fraction of sp³-hybridized carbons (Fsp3) is 0.222. The molecule has 118 valence electrons. The molecule has 1 aliphatic heterocycles. The molecule has 3 rings (SSSR count). The smallest absolute Gasteiger partial charge is 0.261 e. The molecule has 0 saturated heterocycles. The fourth-order valence-corrected chi connectivity index (χ4v) is 2.64. The third-order valence-electron chi connectivity index (χ3n) is 3.86. The van der Waals surface area contributed by atoms with Gasteiger partial charge in [-0.15, -0.1) is 0 Å². The van der Waals surface area contributed by atoms with Crippen LogP contribution in [0.3, 0.4) is 0 Å². The second-order valence-electron chi connectivity index (χ2n) is 5.46. The third-order valence-corrected chi connectivity index (χ3v) is 3.86. The van der Waals surface area contributed by atoms with Crippen LogP contribution in [0.15, 0.2) is 48.5 Å². The van der Waals surface area contributed by atoms with E-state index in [9.17, 15) is 14.0 Å². The van der Waals surface area contributed by atoms with Crippen LogP contribution in [0.25, 0.3) is 0 Å². The van der Waals surface area contributed by atoms with Gasteiger partial charge in [0.2, 0.25) is 0 Å². The normalized spacial score (nSPS) is 13.5. The van der Waals surface area contributed by atoms with Gasteiger partial charge in [0.15, 0.2) is 0 Å². The zero-order valence-corrected chi connectivity index (χ0v) is 12.6. The molecule has 0 fully saturated rings. The number of carbonyl (C=O) groups excluding carboxylic acids is 2. The molecule has 4 nitrogen and oxygen atoms in total. The first kappa shape index (κ1) is 15.4. The zero-order chi connectivity index (χ0) is 16.2. The van der Waals surface area contributed by atoms with Gasteiger partial charge in [0.1, 0.15) is 5.82 Å². The van der Waals surface area contributed by atoms with Crippen molar-refractivity contribution in [2.24, 2.45) is 0 Å². The number of hydrogen-bond acceptors (Lipinski definition) is 3. The van der Waals surface area contributed by atoms with Crippen LogP contribution in [0.1, 0.15) is 32.7 Å². The molecule has 0 aliphatic carbocycles. The average Bonchev–Trinajstić information content (AvgIpc) is 2.81. The predicted octanol–water partition coefficient (Wildman–Crippen LogP) is 2.60. The monoisotopic (exact) mass is 312 g/mol. The topological polar surface area (TPSA) is 49.4 Å². The van der Waals surface area contributed by atoms with Gasteiger partial charge < -0.3 is 5.32 Å². The summed E-state index contributed by atoms with van der Waals surface area (Å²) < 4.78 is 12.8. The predicted molar refractivity (Wildman–Crippen MR) is 84.5 cm³/mol. The van der Waals surface area contributed by atoms with E-state index in [0.717, 1.165) is 5.56 Å². The van der Waals surface area contributed by atoms with E-state index < -0.39 is 0 Å². The van der Waals surface area contributed by atoms with Crippen molar-refractivity contribution in [1.82, 2.24) is 10.2 Å². The lowest BCUT2D eigenvalue weighted by Crippen LogP contribution is -2.32. The summed E-state index contributed by atoms with van der Waals surface area (Å²) in [7, 11) is 0. The Balaban J connectivity index is 1.46. The molecule has 5 heteroatoms. The summed E-state index contributed by atoms with van der Waals surface area (Å²) in [5.41, 5.74) is 1.96. The van der Waals surface area contributed by atoms with Crippen molar-refractivity contribution in [3.8, 4) is 0 Å². The van der Waals surface area contributed by atoms with Gasteiger partial charge in [-0.25, -0.2) is 4.39 Å². The SMILES string of the molecule is O=C1c2ccccc2C(=O)N1CCCNCc1ccc(F)cc1. The van der Waals surface area contributed by atoms with Crippen molar-refractivity contribution in [2.45, 2.75) is 13.0 Å². The summed E-state index contributed by atoms with van der Waals surface area (Å²) in [6, 6.07) is 13.2. The Kier molecular flexibility index (Phi) is 4.48. The quantitative estimate of drug-likeness (QED) is 0.659. The first-order valence-electron chi connectivity index (χ1n) is 7.57. The van der Waals surface area contributed by atoms with Gasteiger partial charge in [-0.2, -0.15) is 0 Å². The third kappa shape index (κ3) is 3.29. The second-order valence-corrected chi connectivity index (χ2v) is 5.46. The Morgan fingerprint density at radius 1 is 0.913 bits per heavy atom. The fourth-order valence-electron chi connectivity index (χ4n) is 2.64. The van der Waals surface area contributed by atoms with Crippen LogP contribution >= 0.6 is 0 Å². The molecule has 2 aromatic rings. The highest BCUT2D eigenvalue weighted by Gasteiger charge is 2.34. The van der Waals surface area contributed by atoms with Gasteiger partial charge in [-0.3, -0.25) is 14.5 Å². The van der Waals surface area contributed by atoms with E-state index in [0.29, 0.717) is 37.2 Å². The van der Waals surface area contributed by atoms with Crippen LogP contribution in [-0.4, -0.2) is 29.8 Å². The van der Waals surface area contributed by atoms with E-state index in [2.05, 4.69) is 5.32 Å². The minimum Gasteiger partial charge on any atom is -0.313 e. The Morgan fingerprint density at radius 2 is 1.52 bits per heavy atom. The number of benzene rings is 2. The number of fused-ring (bicyclic) bond motifs is 1. The summed E-state index contributed by atoms with van der Waals surface area (Å²) in [6.07, 6.45) is 0.673. The molecule has 0 saturated carbocycles. The van der Waals surface area contributed by atoms with Crippen molar-refractivity contribution in [2.75, 3.05) is 13.1 Å². The van der Waals surface area contributed by atoms with Crippen LogP contribution in [0.4, 0.5) is 4.39 Å². The first-order valence-corrected chi connectivity index (χ1v) is 7.57. The molecule has 2 aromatic carbocycles. The van der Waals surface area contributed by atoms with E-state index in [4.69, 9.17) is 0 Å². The highest BCUT2D eigenvalue weighted by molar-refractivity contribution is 6.21. The second kappa shape index (κ2) is 6.71. The standard InChI is InChI=1S/C18H17FN2O2/c19-14-8-6-13(7-9-14)12-20-10-3-11-21-17(22)15-4-1-2-5-16(15)18(21)23/h1-2,4-9,20H,3,10-12H2. The lowest BCUT2D eigenvalue weighted by Gasteiger charge is -2.13. The number of halogens is 1.